The molecule has 0 aromatic heterocycles. The zero-order chi connectivity index (χ0) is 16.7. The second-order valence-electron chi connectivity index (χ2n) is 7.08. The van der Waals surface area contributed by atoms with E-state index in [2.05, 4.69) is 27.8 Å². The first-order chi connectivity index (χ1) is 11.1. The van der Waals surface area contributed by atoms with Crippen molar-refractivity contribution in [2.24, 2.45) is 11.8 Å². The van der Waals surface area contributed by atoms with Gasteiger partial charge in [-0.3, -0.25) is 14.5 Å². The first-order valence-corrected chi connectivity index (χ1v) is 9.01. The molecule has 2 heterocycles. The number of piperidine rings is 2. The Morgan fingerprint density at radius 1 is 1.16 bits per heavy atom. The lowest BCUT2D eigenvalue weighted by Crippen LogP contribution is -2.47. The molecule has 0 aliphatic carbocycles. The van der Waals surface area contributed by atoms with E-state index >= 15 is 0 Å². The van der Waals surface area contributed by atoms with Gasteiger partial charge in [-0.2, -0.15) is 0 Å². The summed E-state index contributed by atoms with van der Waals surface area (Å²) in [5.74, 6) is 1.32. The standard InChI is InChI=1S/C17H32N4O2.2ClH/c1-13(14-4-3-7-19-11-14)10-16(22)20-15-5-8-21(9-6-15)12-17(23)18-2;;/h13-15,19H,3-12H2,1-2H3,(H,18,23)(H,20,22);2*1H. The average Bonchev–Trinajstić information content (AvgIpc) is 2.57. The lowest BCUT2D eigenvalue weighted by atomic mass is 9.85. The predicted octanol–water partition coefficient (Wildman–Crippen LogP) is 1.18. The summed E-state index contributed by atoms with van der Waals surface area (Å²) in [4.78, 5) is 25.8. The third-order valence-electron chi connectivity index (χ3n) is 5.25. The van der Waals surface area contributed by atoms with Gasteiger partial charge in [-0.15, -0.1) is 24.8 Å². The molecule has 0 aromatic rings. The summed E-state index contributed by atoms with van der Waals surface area (Å²) < 4.78 is 0. The number of halogens is 2. The summed E-state index contributed by atoms with van der Waals surface area (Å²) in [6.45, 7) is 6.57. The van der Waals surface area contributed by atoms with E-state index in [0.717, 1.165) is 39.0 Å². The Balaban J connectivity index is 0.00000288. The Morgan fingerprint density at radius 2 is 1.84 bits per heavy atom. The predicted molar refractivity (Wildman–Crippen MR) is 106 cm³/mol. The minimum atomic E-state index is 0. The average molecular weight is 397 g/mol. The van der Waals surface area contributed by atoms with Crippen LogP contribution in [0.4, 0.5) is 0 Å². The normalized spacial score (nSPS) is 22.9. The maximum atomic E-state index is 12.3. The number of amides is 2. The van der Waals surface area contributed by atoms with Gasteiger partial charge in [0.25, 0.3) is 0 Å². The second-order valence-corrected chi connectivity index (χ2v) is 7.08. The first kappa shape index (κ1) is 24.4. The molecule has 8 heteroatoms. The fourth-order valence-electron chi connectivity index (χ4n) is 3.63. The van der Waals surface area contributed by atoms with Crippen LogP contribution in [0.3, 0.4) is 0 Å². The number of carbonyl (C=O) groups excluding carboxylic acids is 2. The van der Waals surface area contributed by atoms with E-state index in [1.807, 2.05) is 0 Å². The SMILES string of the molecule is CNC(=O)CN1CCC(NC(=O)CC(C)C2CCCNC2)CC1.Cl.Cl. The molecule has 2 saturated heterocycles. The summed E-state index contributed by atoms with van der Waals surface area (Å²) in [7, 11) is 1.66. The van der Waals surface area contributed by atoms with Gasteiger partial charge in [0.15, 0.2) is 0 Å². The van der Waals surface area contributed by atoms with E-state index in [0.29, 0.717) is 24.8 Å². The molecule has 2 atom stereocenters. The van der Waals surface area contributed by atoms with Crippen LogP contribution in [0, 0.1) is 11.8 Å². The number of rotatable bonds is 6. The molecule has 0 radical (unpaired) electrons. The topological polar surface area (TPSA) is 73.5 Å². The molecule has 2 unspecified atom stereocenters. The Kier molecular flexibility index (Phi) is 12.5. The van der Waals surface area contributed by atoms with Gasteiger partial charge in [0, 0.05) is 32.6 Å². The van der Waals surface area contributed by atoms with Crippen molar-refractivity contribution in [3.63, 3.8) is 0 Å². The van der Waals surface area contributed by atoms with E-state index in [1.165, 1.54) is 12.8 Å². The van der Waals surface area contributed by atoms with Crippen molar-refractivity contribution in [2.75, 3.05) is 39.8 Å². The van der Waals surface area contributed by atoms with Crippen LogP contribution in [0.25, 0.3) is 0 Å². The molecule has 0 saturated carbocycles. The van der Waals surface area contributed by atoms with Crippen LogP contribution in [0.2, 0.25) is 0 Å². The van der Waals surface area contributed by atoms with Crippen LogP contribution in [-0.2, 0) is 9.59 Å². The van der Waals surface area contributed by atoms with E-state index in [-0.39, 0.29) is 42.7 Å². The zero-order valence-electron chi connectivity index (χ0n) is 15.4. The summed E-state index contributed by atoms with van der Waals surface area (Å²) >= 11 is 0. The fraction of sp³-hybridized carbons (Fsp3) is 0.882. The van der Waals surface area contributed by atoms with Crippen molar-refractivity contribution >= 4 is 36.6 Å². The van der Waals surface area contributed by atoms with Gasteiger partial charge in [-0.05, 0) is 50.6 Å². The molecule has 0 aromatic carbocycles. The van der Waals surface area contributed by atoms with Gasteiger partial charge in [0.05, 0.1) is 6.54 Å². The maximum absolute atomic E-state index is 12.3. The molecule has 2 rings (SSSR count). The highest BCUT2D eigenvalue weighted by molar-refractivity contribution is 5.85. The van der Waals surface area contributed by atoms with Crippen LogP contribution in [0.1, 0.15) is 39.0 Å². The summed E-state index contributed by atoms with van der Waals surface area (Å²) in [5, 5.41) is 9.27. The smallest absolute Gasteiger partial charge is 0.233 e. The van der Waals surface area contributed by atoms with Crippen molar-refractivity contribution in [1.29, 1.82) is 0 Å². The van der Waals surface area contributed by atoms with Crippen molar-refractivity contribution in [3.05, 3.63) is 0 Å². The number of nitrogens with zero attached hydrogens (tertiary/aromatic N) is 1. The molecular weight excluding hydrogens is 363 g/mol. The summed E-state index contributed by atoms with van der Waals surface area (Å²) in [5.41, 5.74) is 0. The van der Waals surface area contributed by atoms with Crippen LogP contribution < -0.4 is 16.0 Å². The Hall–Kier alpha value is -0.560. The minimum Gasteiger partial charge on any atom is -0.358 e. The van der Waals surface area contributed by atoms with Gasteiger partial charge in [0.2, 0.25) is 11.8 Å². The van der Waals surface area contributed by atoms with Gasteiger partial charge >= 0.3 is 0 Å². The Morgan fingerprint density at radius 3 is 2.40 bits per heavy atom. The molecule has 2 amide bonds. The van der Waals surface area contributed by atoms with Crippen LogP contribution in [0.15, 0.2) is 0 Å². The number of hydrogen-bond donors (Lipinski definition) is 3. The number of likely N-dealkylation sites (tertiary alicyclic amines) is 1. The molecule has 25 heavy (non-hydrogen) atoms. The molecule has 2 aliphatic rings. The Labute approximate surface area is 164 Å². The first-order valence-electron chi connectivity index (χ1n) is 9.01. The van der Waals surface area contributed by atoms with Crippen molar-refractivity contribution in [3.8, 4) is 0 Å². The van der Waals surface area contributed by atoms with Gasteiger partial charge < -0.3 is 16.0 Å². The molecule has 2 aliphatic heterocycles. The number of hydrogen-bond acceptors (Lipinski definition) is 4. The van der Waals surface area contributed by atoms with E-state index in [9.17, 15) is 9.59 Å². The van der Waals surface area contributed by atoms with Crippen molar-refractivity contribution in [1.82, 2.24) is 20.9 Å². The minimum absolute atomic E-state index is 0. The molecule has 6 nitrogen and oxygen atoms in total. The van der Waals surface area contributed by atoms with Crippen LogP contribution in [-0.4, -0.2) is 62.5 Å². The highest BCUT2D eigenvalue weighted by Crippen LogP contribution is 2.22. The fourth-order valence-corrected chi connectivity index (χ4v) is 3.63. The quantitative estimate of drug-likeness (QED) is 0.630. The second kappa shape index (κ2) is 12.7. The highest BCUT2D eigenvalue weighted by atomic mass is 35.5. The lowest BCUT2D eigenvalue weighted by Gasteiger charge is -2.32. The molecule has 2 fully saturated rings. The van der Waals surface area contributed by atoms with Crippen molar-refractivity contribution < 1.29 is 9.59 Å². The molecule has 148 valence electrons. The third-order valence-corrected chi connectivity index (χ3v) is 5.25. The molecule has 0 spiro atoms. The molecular formula is C17H34Cl2N4O2. The van der Waals surface area contributed by atoms with Crippen molar-refractivity contribution in [2.45, 2.75) is 45.1 Å². The van der Waals surface area contributed by atoms with Gasteiger partial charge in [0.1, 0.15) is 0 Å². The number of likely N-dealkylation sites (N-methyl/N-ethyl adjacent to an activating group) is 1. The van der Waals surface area contributed by atoms with E-state index in [1.54, 1.807) is 7.05 Å². The zero-order valence-corrected chi connectivity index (χ0v) is 17.0. The lowest BCUT2D eigenvalue weighted by molar-refractivity contribution is -0.124. The van der Waals surface area contributed by atoms with Gasteiger partial charge in [-0.25, -0.2) is 0 Å². The maximum Gasteiger partial charge on any atom is 0.233 e. The summed E-state index contributed by atoms with van der Waals surface area (Å²) in [6, 6.07) is 0.264. The monoisotopic (exact) mass is 396 g/mol. The highest BCUT2D eigenvalue weighted by Gasteiger charge is 2.25. The molecule has 0 bridgehead atoms. The third kappa shape index (κ3) is 8.58. The van der Waals surface area contributed by atoms with E-state index < -0.39 is 0 Å². The molecule has 3 N–H and O–H groups in total. The number of nitrogens with one attached hydrogen (secondary N) is 3. The largest absolute Gasteiger partial charge is 0.358 e. The van der Waals surface area contributed by atoms with Crippen LogP contribution >= 0.6 is 24.8 Å². The number of carbonyl (C=O) groups is 2. The van der Waals surface area contributed by atoms with E-state index in [4.69, 9.17) is 0 Å². The van der Waals surface area contributed by atoms with Gasteiger partial charge in [-0.1, -0.05) is 6.92 Å². The summed E-state index contributed by atoms with van der Waals surface area (Å²) in [6.07, 6.45) is 4.95. The Bertz CT molecular complexity index is 398. The van der Waals surface area contributed by atoms with Crippen LogP contribution in [0.5, 0.6) is 0 Å².